The number of nitrogens with one attached hydrogen (secondary N) is 3. The summed E-state index contributed by atoms with van der Waals surface area (Å²) in [5.74, 6) is 0. The number of urea groups is 1. The van der Waals surface area contributed by atoms with Gasteiger partial charge in [-0.25, -0.2) is 18.2 Å². The third kappa shape index (κ3) is 4.19. The first-order chi connectivity index (χ1) is 12.4. The molecular formula is C16H14ClN5O3S. The van der Waals surface area contributed by atoms with Gasteiger partial charge in [0.25, 0.3) is 0 Å². The summed E-state index contributed by atoms with van der Waals surface area (Å²) < 4.78 is 25.0. The van der Waals surface area contributed by atoms with Crippen molar-refractivity contribution in [3.05, 3.63) is 65.6 Å². The fourth-order valence-corrected chi connectivity index (χ4v) is 3.38. The van der Waals surface area contributed by atoms with Gasteiger partial charge in [0.15, 0.2) is 5.03 Å². The summed E-state index contributed by atoms with van der Waals surface area (Å²) in [6, 6.07) is 8.19. The van der Waals surface area contributed by atoms with Gasteiger partial charge in [0.05, 0.1) is 16.1 Å². The normalized spacial score (nSPS) is 11.1. The number of rotatable bonds is 5. The average molecular weight is 392 g/mol. The Labute approximate surface area is 154 Å². The summed E-state index contributed by atoms with van der Waals surface area (Å²) in [4.78, 5) is 15.8. The lowest BCUT2D eigenvalue weighted by molar-refractivity contribution is 0.251. The van der Waals surface area contributed by atoms with Crippen LogP contribution in [0.2, 0.25) is 5.02 Å². The van der Waals surface area contributed by atoms with E-state index in [1.54, 1.807) is 12.4 Å². The zero-order valence-electron chi connectivity index (χ0n) is 13.3. The lowest BCUT2D eigenvalue weighted by Gasteiger charge is -2.08. The minimum atomic E-state index is -3.75. The number of amides is 2. The first kappa shape index (κ1) is 17.9. The SMILES string of the molecule is O=C(NCc1cn[nH]c1)Nc1ccc(S(=O)(=O)c2ccc(Cl)cn2)cc1. The van der Waals surface area contributed by atoms with E-state index in [9.17, 15) is 13.2 Å². The summed E-state index contributed by atoms with van der Waals surface area (Å²) in [5.41, 5.74) is 1.29. The number of H-pyrrole nitrogens is 1. The highest BCUT2D eigenvalue weighted by atomic mass is 35.5. The summed E-state index contributed by atoms with van der Waals surface area (Å²) in [6.45, 7) is 0.317. The molecule has 0 aliphatic rings. The predicted molar refractivity (Wildman–Crippen MR) is 95.6 cm³/mol. The maximum Gasteiger partial charge on any atom is 0.319 e. The van der Waals surface area contributed by atoms with Crippen molar-refractivity contribution in [2.45, 2.75) is 16.5 Å². The number of aromatic amines is 1. The van der Waals surface area contributed by atoms with E-state index in [1.165, 1.54) is 42.6 Å². The van der Waals surface area contributed by atoms with E-state index in [4.69, 9.17) is 11.6 Å². The van der Waals surface area contributed by atoms with Gasteiger partial charge in [0, 0.05) is 30.2 Å². The average Bonchev–Trinajstić information content (AvgIpc) is 3.14. The van der Waals surface area contributed by atoms with E-state index in [1.807, 2.05) is 0 Å². The molecule has 0 saturated heterocycles. The summed E-state index contributed by atoms with van der Waals surface area (Å²) >= 11 is 5.73. The fraction of sp³-hybridized carbons (Fsp3) is 0.0625. The number of carbonyl (C=O) groups is 1. The van der Waals surface area contributed by atoms with Gasteiger partial charge in [0.2, 0.25) is 9.84 Å². The Hall–Kier alpha value is -2.91. The van der Waals surface area contributed by atoms with Crippen LogP contribution in [0.4, 0.5) is 10.5 Å². The van der Waals surface area contributed by atoms with Crippen molar-refractivity contribution in [2.75, 3.05) is 5.32 Å². The number of halogens is 1. The number of aromatic nitrogens is 3. The van der Waals surface area contributed by atoms with E-state index in [2.05, 4.69) is 25.8 Å². The summed E-state index contributed by atoms with van der Waals surface area (Å²) in [5, 5.41) is 12.0. The second-order valence-electron chi connectivity index (χ2n) is 5.26. The second-order valence-corrected chi connectivity index (χ2v) is 7.59. The molecule has 2 heterocycles. The lowest BCUT2D eigenvalue weighted by atomic mass is 10.3. The highest BCUT2D eigenvalue weighted by molar-refractivity contribution is 7.91. The molecule has 3 rings (SSSR count). The Morgan fingerprint density at radius 3 is 2.50 bits per heavy atom. The van der Waals surface area contributed by atoms with Gasteiger partial charge in [-0.1, -0.05) is 11.6 Å². The highest BCUT2D eigenvalue weighted by Crippen LogP contribution is 2.21. The van der Waals surface area contributed by atoms with Gasteiger partial charge < -0.3 is 10.6 Å². The quantitative estimate of drug-likeness (QED) is 0.618. The van der Waals surface area contributed by atoms with Gasteiger partial charge in [-0.15, -0.1) is 0 Å². The number of benzene rings is 1. The van der Waals surface area contributed by atoms with Crippen LogP contribution in [0.3, 0.4) is 0 Å². The molecule has 0 fully saturated rings. The molecule has 2 amide bonds. The molecule has 0 unspecified atom stereocenters. The predicted octanol–water partition coefficient (Wildman–Crippen LogP) is 2.61. The van der Waals surface area contributed by atoms with Crippen LogP contribution in [-0.2, 0) is 16.4 Å². The van der Waals surface area contributed by atoms with Crippen LogP contribution in [0.1, 0.15) is 5.56 Å². The van der Waals surface area contributed by atoms with Crippen molar-refractivity contribution in [3.8, 4) is 0 Å². The van der Waals surface area contributed by atoms with Gasteiger partial charge in [-0.05, 0) is 36.4 Å². The number of carbonyl (C=O) groups excluding carboxylic acids is 1. The largest absolute Gasteiger partial charge is 0.334 e. The van der Waals surface area contributed by atoms with Crippen molar-refractivity contribution in [2.24, 2.45) is 0 Å². The molecule has 26 heavy (non-hydrogen) atoms. The number of pyridine rings is 1. The fourth-order valence-electron chi connectivity index (χ4n) is 2.09. The smallest absolute Gasteiger partial charge is 0.319 e. The number of sulfone groups is 1. The standard InChI is InChI=1S/C16H14ClN5O3S/c17-12-1-6-15(18-10-12)26(24,25)14-4-2-13(3-5-14)22-16(23)19-7-11-8-20-21-9-11/h1-6,8-10H,7H2,(H,20,21)(H2,19,22,23). The first-order valence-corrected chi connectivity index (χ1v) is 9.30. The molecule has 0 aliphatic carbocycles. The molecule has 0 saturated carbocycles. The first-order valence-electron chi connectivity index (χ1n) is 7.44. The van der Waals surface area contributed by atoms with Gasteiger partial charge in [0.1, 0.15) is 0 Å². The van der Waals surface area contributed by atoms with E-state index >= 15 is 0 Å². The molecule has 0 atom stereocenters. The van der Waals surface area contributed by atoms with Crippen LogP contribution >= 0.6 is 11.6 Å². The molecule has 0 radical (unpaired) electrons. The van der Waals surface area contributed by atoms with Crippen molar-refractivity contribution in [1.29, 1.82) is 0 Å². The Morgan fingerprint density at radius 1 is 1.12 bits per heavy atom. The minimum Gasteiger partial charge on any atom is -0.334 e. The third-order valence-corrected chi connectivity index (χ3v) is 5.31. The van der Waals surface area contributed by atoms with Crippen molar-refractivity contribution >= 4 is 33.2 Å². The zero-order chi connectivity index (χ0) is 18.6. The molecule has 134 valence electrons. The molecule has 3 aromatic rings. The summed E-state index contributed by atoms with van der Waals surface area (Å²) in [6.07, 6.45) is 4.55. The van der Waals surface area contributed by atoms with Crippen LogP contribution in [0.5, 0.6) is 0 Å². The van der Waals surface area contributed by atoms with Crippen molar-refractivity contribution in [3.63, 3.8) is 0 Å². The number of anilines is 1. The van der Waals surface area contributed by atoms with E-state index in [-0.39, 0.29) is 9.92 Å². The molecule has 2 aromatic heterocycles. The topological polar surface area (TPSA) is 117 Å². The Kier molecular flexibility index (Phi) is 5.19. The van der Waals surface area contributed by atoms with Crippen molar-refractivity contribution < 1.29 is 13.2 Å². The molecule has 0 bridgehead atoms. The van der Waals surface area contributed by atoms with E-state index < -0.39 is 15.9 Å². The van der Waals surface area contributed by atoms with Crippen LogP contribution in [0, 0.1) is 0 Å². The Balaban J connectivity index is 1.66. The monoisotopic (exact) mass is 391 g/mol. The van der Waals surface area contributed by atoms with Crippen LogP contribution < -0.4 is 10.6 Å². The van der Waals surface area contributed by atoms with Gasteiger partial charge in [-0.3, -0.25) is 5.10 Å². The number of hydrogen-bond donors (Lipinski definition) is 3. The third-order valence-electron chi connectivity index (χ3n) is 3.41. The molecule has 8 nitrogen and oxygen atoms in total. The Bertz CT molecular complexity index is 987. The van der Waals surface area contributed by atoms with Gasteiger partial charge >= 0.3 is 6.03 Å². The van der Waals surface area contributed by atoms with Gasteiger partial charge in [-0.2, -0.15) is 5.10 Å². The molecular weight excluding hydrogens is 378 g/mol. The zero-order valence-corrected chi connectivity index (χ0v) is 14.9. The highest BCUT2D eigenvalue weighted by Gasteiger charge is 2.19. The summed E-state index contributed by atoms with van der Waals surface area (Å²) in [7, 11) is -3.75. The minimum absolute atomic E-state index is 0.0664. The second kappa shape index (κ2) is 7.54. The van der Waals surface area contributed by atoms with E-state index in [0.717, 1.165) is 5.56 Å². The Morgan fingerprint density at radius 2 is 1.88 bits per heavy atom. The number of nitrogens with zero attached hydrogens (tertiary/aromatic N) is 2. The van der Waals surface area contributed by atoms with Crippen LogP contribution in [0.15, 0.2) is 64.9 Å². The molecule has 0 spiro atoms. The maximum absolute atomic E-state index is 12.5. The lowest BCUT2D eigenvalue weighted by Crippen LogP contribution is -2.28. The van der Waals surface area contributed by atoms with E-state index in [0.29, 0.717) is 17.3 Å². The van der Waals surface area contributed by atoms with Crippen LogP contribution in [-0.4, -0.2) is 29.6 Å². The maximum atomic E-state index is 12.5. The molecule has 1 aromatic carbocycles. The van der Waals surface area contributed by atoms with Crippen LogP contribution in [0.25, 0.3) is 0 Å². The number of hydrogen-bond acceptors (Lipinski definition) is 5. The molecule has 0 aliphatic heterocycles. The molecule has 3 N–H and O–H groups in total. The molecule has 10 heteroatoms. The van der Waals surface area contributed by atoms with Crippen molar-refractivity contribution in [1.82, 2.24) is 20.5 Å².